The van der Waals surface area contributed by atoms with E-state index in [-0.39, 0.29) is 12.9 Å². The zero-order valence-corrected chi connectivity index (χ0v) is 5.49. The van der Waals surface area contributed by atoms with Gasteiger partial charge in [-0.2, -0.15) is 0 Å². The highest BCUT2D eigenvalue weighted by atomic mass is 16.7. The lowest BCUT2D eigenvalue weighted by atomic mass is 10.4. The van der Waals surface area contributed by atoms with E-state index in [4.69, 9.17) is 15.9 Å². The van der Waals surface area contributed by atoms with Crippen LogP contribution in [0.4, 0.5) is 0 Å². The van der Waals surface area contributed by atoms with Gasteiger partial charge in [-0.05, 0) is 12.2 Å². The first-order chi connectivity index (χ1) is 4.93. The third-order valence-electron chi connectivity index (χ3n) is 1.00. The van der Waals surface area contributed by atoms with E-state index in [1.54, 1.807) is 18.4 Å². The van der Waals surface area contributed by atoms with Crippen molar-refractivity contribution < 1.29 is 9.47 Å². The Hall–Kier alpha value is -1.20. The molecule has 0 radical (unpaired) electrons. The number of ether oxygens (including phenoxy) is 2. The van der Waals surface area contributed by atoms with Crippen LogP contribution in [0.1, 0.15) is 0 Å². The fraction of sp³-hybridized carbons (Fsp3) is 0.250. The van der Waals surface area contributed by atoms with Crippen molar-refractivity contribution in [3.8, 4) is 12.3 Å². The minimum absolute atomic E-state index is 0.281. The molecule has 0 fully saturated rings. The first-order valence-electron chi connectivity index (χ1n) is 2.97. The molecule has 1 heterocycles. The lowest BCUT2D eigenvalue weighted by Crippen LogP contribution is -2.12. The van der Waals surface area contributed by atoms with Crippen LogP contribution in [0, 0.1) is 12.3 Å². The van der Waals surface area contributed by atoms with Crippen molar-refractivity contribution in [1.82, 2.24) is 0 Å². The summed E-state index contributed by atoms with van der Waals surface area (Å²) in [4.78, 5) is 0. The molecule has 0 aromatic heterocycles. The van der Waals surface area contributed by atoms with Gasteiger partial charge >= 0.3 is 0 Å². The Bertz CT molecular complexity index is 186. The highest BCUT2D eigenvalue weighted by Crippen LogP contribution is 2.02. The van der Waals surface area contributed by atoms with Crippen LogP contribution < -0.4 is 0 Å². The minimum Gasteiger partial charge on any atom is -0.469 e. The molecule has 52 valence electrons. The molecule has 1 aliphatic heterocycles. The van der Waals surface area contributed by atoms with Crippen LogP contribution in [0.5, 0.6) is 0 Å². The van der Waals surface area contributed by atoms with Crippen molar-refractivity contribution in [2.24, 2.45) is 0 Å². The van der Waals surface area contributed by atoms with Crippen LogP contribution >= 0.6 is 0 Å². The molecule has 1 aliphatic rings. The van der Waals surface area contributed by atoms with Crippen LogP contribution in [-0.2, 0) is 9.47 Å². The largest absolute Gasteiger partial charge is 0.469 e. The molecule has 0 amide bonds. The first-order valence-corrected chi connectivity index (χ1v) is 2.97. The second-order valence-electron chi connectivity index (χ2n) is 1.73. The predicted molar refractivity (Wildman–Crippen MR) is 37.9 cm³/mol. The molecular weight excluding hydrogens is 128 g/mol. The summed E-state index contributed by atoms with van der Waals surface area (Å²) in [5.74, 6) is 2.35. The quantitative estimate of drug-likeness (QED) is 0.528. The second-order valence-corrected chi connectivity index (χ2v) is 1.73. The maximum Gasteiger partial charge on any atom is 0.219 e. The van der Waals surface area contributed by atoms with E-state index in [1.165, 1.54) is 0 Å². The molecule has 0 aliphatic carbocycles. The van der Waals surface area contributed by atoms with Gasteiger partial charge in [0.1, 0.15) is 6.61 Å². The lowest BCUT2D eigenvalue weighted by Gasteiger charge is -2.13. The van der Waals surface area contributed by atoms with Gasteiger partial charge in [0.2, 0.25) is 6.29 Å². The van der Waals surface area contributed by atoms with Gasteiger partial charge in [0.25, 0.3) is 0 Å². The third-order valence-corrected chi connectivity index (χ3v) is 1.00. The molecular formula is C8H8O2. The Labute approximate surface area is 60.1 Å². The van der Waals surface area contributed by atoms with E-state index >= 15 is 0 Å². The van der Waals surface area contributed by atoms with Crippen LogP contribution in [0.25, 0.3) is 0 Å². The van der Waals surface area contributed by atoms with Crippen molar-refractivity contribution in [1.29, 1.82) is 0 Å². The van der Waals surface area contributed by atoms with E-state index in [9.17, 15) is 0 Å². The van der Waals surface area contributed by atoms with Gasteiger partial charge in [-0.15, -0.1) is 6.42 Å². The summed E-state index contributed by atoms with van der Waals surface area (Å²) in [7, 11) is 0. The molecule has 0 N–H and O–H groups in total. The molecule has 2 heteroatoms. The van der Waals surface area contributed by atoms with Crippen LogP contribution in [0.3, 0.4) is 0 Å². The van der Waals surface area contributed by atoms with Gasteiger partial charge in [-0.25, -0.2) is 0 Å². The van der Waals surface area contributed by atoms with Crippen molar-refractivity contribution in [2.75, 3.05) is 6.61 Å². The molecule has 1 atom stereocenters. The Balaban J connectivity index is 2.25. The Kier molecular flexibility index (Phi) is 2.60. The summed E-state index contributed by atoms with van der Waals surface area (Å²) in [6, 6.07) is 0. The summed E-state index contributed by atoms with van der Waals surface area (Å²) in [6.45, 7) is 0.281. The number of hydrogen-bond donors (Lipinski definition) is 0. The van der Waals surface area contributed by atoms with Gasteiger partial charge in [0, 0.05) is 0 Å². The van der Waals surface area contributed by atoms with E-state index in [1.807, 2.05) is 6.08 Å². The average Bonchev–Trinajstić information content (AvgIpc) is 2.03. The summed E-state index contributed by atoms with van der Waals surface area (Å²) < 4.78 is 10.0. The summed E-state index contributed by atoms with van der Waals surface area (Å²) >= 11 is 0. The van der Waals surface area contributed by atoms with E-state index < -0.39 is 0 Å². The molecule has 10 heavy (non-hydrogen) atoms. The average molecular weight is 136 g/mol. The van der Waals surface area contributed by atoms with Gasteiger partial charge in [-0.1, -0.05) is 12.0 Å². The van der Waals surface area contributed by atoms with Crippen LogP contribution in [0.2, 0.25) is 0 Å². The van der Waals surface area contributed by atoms with Crippen molar-refractivity contribution in [3.05, 3.63) is 24.5 Å². The number of allylic oxidation sites excluding steroid dienone is 2. The third kappa shape index (κ3) is 1.96. The lowest BCUT2D eigenvalue weighted by molar-refractivity contribution is -0.0611. The summed E-state index contributed by atoms with van der Waals surface area (Å²) in [5.41, 5.74) is 0. The molecule has 0 saturated heterocycles. The Morgan fingerprint density at radius 1 is 1.60 bits per heavy atom. The number of rotatable bonds is 2. The molecule has 0 aromatic carbocycles. The molecule has 2 nitrogen and oxygen atoms in total. The SMILES string of the molecule is C#CCO[C@H]1C=CC=CO1. The van der Waals surface area contributed by atoms with Crippen LogP contribution in [-0.4, -0.2) is 12.9 Å². The fourth-order valence-corrected chi connectivity index (χ4v) is 0.593. The van der Waals surface area contributed by atoms with E-state index in [0.717, 1.165) is 0 Å². The number of hydrogen-bond acceptors (Lipinski definition) is 2. The molecule has 1 rings (SSSR count). The van der Waals surface area contributed by atoms with Crippen molar-refractivity contribution in [2.45, 2.75) is 6.29 Å². The van der Waals surface area contributed by atoms with Crippen molar-refractivity contribution >= 4 is 0 Å². The second kappa shape index (κ2) is 3.76. The maximum absolute atomic E-state index is 5.04. The van der Waals surface area contributed by atoms with E-state index in [0.29, 0.717) is 0 Å². The zero-order chi connectivity index (χ0) is 7.23. The van der Waals surface area contributed by atoms with Gasteiger partial charge in [0.15, 0.2) is 0 Å². The fourth-order valence-electron chi connectivity index (χ4n) is 0.593. The van der Waals surface area contributed by atoms with E-state index in [2.05, 4.69) is 5.92 Å². The van der Waals surface area contributed by atoms with Crippen LogP contribution in [0.15, 0.2) is 24.5 Å². The molecule has 0 aromatic rings. The minimum atomic E-state index is -0.305. The monoisotopic (exact) mass is 136 g/mol. The molecule has 0 spiro atoms. The van der Waals surface area contributed by atoms with Crippen molar-refractivity contribution in [3.63, 3.8) is 0 Å². The van der Waals surface area contributed by atoms with Gasteiger partial charge in [-0.3, -0.25) is 0 Å². The normalized spacial score (nSPS) is 21.7. The Morgan fingerprint density at radius 2 is 2.50 bits per heavy atom. The standard InChI is InChI=1S/C8H8O2/c1-2-6-9-8-5-3-4-7-10-8/h1,3-5,7-8H,6H2/t8-/m1/s1. The molecule has 0 saturated carbocycles. The van der Waals surface area contributed by atoms with Gasteiger partial charge in [0.05, 0.1) is 6.26 Å². The highest BCUT2D eigenvalue weighted by molar-refractivity contribution is 5.05. The smallest absolute Gasteiger partial charge is 0.219 e. The Morgan fingerprint density at radius 3 is 3.10 bits per heavy atom. The predicted octanol–water partition coefficient (Wildman–Crippen LogP) is 1.06. The zero-order valence-electron chi connectivity index (χ0n) is 5.49. The molecule has 0 bridgehead atoms. The molecule has 0 unspecified atom stereocenters. The number of terminal acetylenes is 1. The highest BCUT2D eigenvalue weighted by Gasteiger charge is 2.02. The maximum atomic E-state index is 5.04. The van der Waals surface area contributed by atoms with Gasteiger partial charge < -0.3 is 9.47 Å². The topological polar surface area (TPSA) is 18.5 Å². The summed E-state index contributed by atoms with van der Waals surface area (Å²) in [6.07, 6.45) is 11.7. The summed E-state index contributed by atoms with van der Waals surface area (Å²) in [5, 5.41) is 0. The first kappa shape index (κ1) is 6.91.